The van der Waals surface area contributed by atoms with E-state index in [1.165, 1.54) is 18.4 Å². The number of nitrogens with zero attached hydrogens (tertiary/aromatic N) is 3. The van der Waals surface area contributed by atoms with Gasteiger partial charge in [0.05, 0.1) is 12.6 Å². The van der Waals surface area contributed by atoms with Gasteiger partial charge in [0.25, 0.3) is 0 Å². The Hall–Kier alpha value is -0.820. The van der Waals surface area contributed by atoms with Gasteiger partial charge < -0.3 is 4.74 Å². The third-order valence-corrected chi connectivity index (χ3v) is 4.95. The van der Waals surface area contributed by atoms with E-state index in [0.717, 1.165) is 36.3 Å². The molecule has 0 aromatic carbocycles. The van der Waals surface area contributed by atoms with Crippen molar-refractivity contribution in [2.75, 3.05) is 13.2 Å². The molecule has 1 saturated heterocycles. The van der Waals surface area contributed by atoms with Crippen LogP contribution in [0, 0.1) is 6.92 Å². The van der Waals surface area contributed by atoms with Crippen LogP contribution in [0.2, 0.25) is 0 Å². The van der Waals surface area contributed by atoms with E-state index in [1.807, 2.05) is 6.92 Å². The average molecular weight is 309 g/mol. The van der Waals surface area contributed by atoms with E-state index >= 15 is 0 Å². The molecule has 1 aliphatic heterocycles. The third-order valence-electron chi connectivity index (χ3n) is 3.40. The summed E-state index contributed by atoms with van der Waals surface area (Å²) in [6, 6.07) is 2.19. The Balaban J connectivity index is 1.65. The first kappa shape index (κ1) is 14.1. The van der Waals surface area contributed by atoms with E-state index in [9.17, 15) is 0 Å². The average Bonchev–Trinajstić information content (AvgIpc) is 3.13. The minimum absolute atomic E-state index is 0.377. The molecule has 1 fully saturated rings. The van der Waals surface area contributed by atoms with Crippen molar-refractivity contribution in [2.24, 2.45) is 0 Å². The van der Waals surface area contributed by atoms with Crippen LogP contribution < -0.4 is 0 Å². The van der Waals surface area contributed by atoms with Gasteiger partial charge in [-0.2, -0.15) is 11.3 Å². The number of aromatic nitrogens is 2. The summed E-state index contributed by atoms with van der Waals surface area (Å²) in [6.45, 7) is 5.72. The number of hydrogen-bond acceptors (Lipinski definition) is 6. The molecule has 2 aromatic rings. The van der Waals surface area contributed by atoms with Gasteiger partial charge in [0.15, 0.2) is 0 Å². The zero-order valence-corrected chi connectivity index (χ0v) is 13.3. The summed E-state index contributed by atoms with van der Waals surface area (Å²) in [7, 11) is 0. The molecule has 0 bridgehead atoms. The van der Waals surface area contributed by atoms with Crippen LogP contribution in [0.25, 0.3) is 0 Å². The van der Waals surface area contributed by atoms with Crippen molar-refractivity contribution < 1.29 is 4.74 Å². The van der Waals surface area contributed by atoms with Crippen molar-refractivity contribution >= 4 is 22.7 Å². The van der Waals surface area contributed by atoms with Crippen molar-refractivity contribution in [3.05, 3.63) is 32.4 Å². The summed E-state index contributed by atoms with van der Waals surface area (Å²) < 4.78 is 5.77. The van der Waals surface area contributed by atoms with Crippen molar-refractivity contribution in [3.63, 3.8) is 0 Å². The first-order valence-electron chi connectivity index (χ1n) is 6.93. The smallest absolute Gasteiger partial charge is 0.131 e. The van der Waals surface area contributed by atoms with E-state index in [-0.39, 0.29) is 0 Å². The fraction of sp³-hybridized carbons (Fsp3) is 0.571. The number of ether oxygens (including phenoxy) is 1. The van der Waals surface area contributed by atoms with Crippen LogP contribution >= 0.6 is 22.7 Å². The van der Waals surface area contributed by atoms with Gasteiger partial charge in [-0.25, -0.2) is 0 Å². The first-order chi connectivity index (χ1) is 9.79. The molecule has 0 spiro atoms. The van der Waals surface area contributed by atoms with Crippen LogP contribution in [0.4, 0.5) is 0 Å². The molecule has 0 unspecified atom stereocenters. The van der Waals surface area contributed by atoms with Crippen molar-refractivity contribution in [3.8, 4) is 0 Å². The molecule has 3 rings (SSSR count). The molecular formula is C14H19N3OS2. The van der Waals surface area contributed by atoms with Crippen LogP contribution in [0.1, 0.15) is 28.4 Å². The topological polar surface area (TPSA) is 38.2 Å². The molecule has 3 heterocycles. The highest BCUT2D eigenvalue weighted by Gasteiger charge is 2.20. The molecule has 0 aliphatic carbocycles. The SMILES string of the molecule is Cc1nnc(CN(Cc2ccsc2)C[C@H]2CCCO2)s1. The lowest BCUT2D eigenvalue weighted by molar-refractivity contribution is 0.0678. The van der Waals surface area contributed by atoms with Gasteiger partial charge in [0, 0.05) is 19.7 Å². The van der Waals surface area contributed by atoms with Crippen LogP contribution in [0.3, 0.4) is 0 Å². The molecule has 0 N–H and O–H groups in total. The van der Waals surface area contributed by atoms with E-state index in [2.05, 4.69) is 31.9 Å². The second kappa shape index (κ2) is 6.76. The largest absolute Gasteiger partial charge is 0.377 e. The molecular weight excluding hydrogens is 290 g/mol. The van der Waals surface area contributed by atoms with Gasteiger partial charge in [0.1, 0.15) is 10.0 Å². The van der Waals surface area contributed by atoms with Crippen LogP contribution in [-0.4, -0.2) is 34.4 Å². The highest BCUT2D eigenvalue weighted by molar-refractivity contribution is 7.11. The van der Waals surface area contributed by atoms with E-state index < -0.39 is 0 Å². The van der Waals surface area contributed by atoms with Crippen molar-refractivity contribution in [2.45, 2.75) is 39.0 Å². The van der Waals surface area contributed by atoms with E-state index in [4.69, 9.17) is 4.74 Å². The zero-order valence-electron chi connectivity index (χ0n) is 11.6. The summed E-state index contributed by atoms with van der Waals surface area (Å²) >= 11 is 3.44. The standard InChI is InChI=1S/C14H19N3OS2/c1-11-15-16-14(20-11)9-17(7-12-4-6-19-10-12)8-13-3-2-5-18-13/h4,6,10,13H,2-3,5,7-9H2,1H3/t13-/m1/s1. The molecule has 0 amide bonds. The van der Waals surface area contributed by atoms with Crippen LogP contribution in [0.15, 0.2) is 16.8 Å². The molecule has 1 atom stereocenters. The molecule has 2 aromatic heterocycles. The van der Waals surface area contributed by atoms with E-state index in [1.54, 1.807) is 22.7 Å². The third kappa shape index (κ3) is 3.85. The Kier molecular flexibility index (Phi) is 4.77. The molecule has 1 aliphatic rings. The number of rotatable bonds is 6. The summed E-state index contributed by atoms with van der Waals surface area (Å²) in [6.07, 6.45) is 2.74. The van der Waals surface area contributed by atoms with Gasteiger partial charge in [0.2, 0.25) is 0 Å². The molecule has 108 valence electrons. The highest BCUT2D eigenvalue weighted by atomic mass is 32.1. The lowest BCUT2D eigenvalue weighted by Gasteiger charge is -2.23. The summed E-state index contributed by atoms with van der Waals surface area (Å²) in [5.74, 6) is 0. The van der Waals surface area contributed by atoms with Gasteiger partial charge >= 0.3 is 0 Å². The minimum atomic E-state index is 0.377. The Morgan fingerprint density at radius 3 is 3.00 bits per heavy atom. The molecule has 0 radical (unpaired) electrons. The lowest BCUT2D eigenvalue weighted by Crippen LogP contribution is -2.31. The van der Waals surface area contributed by atoms with Crippen LogP contribution in [-0.2, 0) is 17.8 Å². The summed E-state index contributed by atoms with van der Waals surface area (Å²) in [5.41, 5.74) is 1.37. The fourth-order valence-corrected chi connectivity index (χ4v) is 3.91. The number of thiophene rings is 1. The zero-order chi connectivity index (χ0) is 13.8. The fourth-order valence-electron chi connectivity index (χ4n) is 2.49. The second-order valence-electron chi connectivity index (χ2n) is 5.15. The van der Waals surface area contributed by atoms with Gasteiger partial charge in [-0.3, -0.25) is 4.90 Å². The van der Waals surface area contributed by atoms with Crippen LogP contribution in [0.5, 0.6) is 0 Å². The maximum absolute atomic E-state index is 5.77. The van der Waals surface area contributed by atoms with Crippen molar-refractivity contribution in [1.82, 2.24) is 15.1 Å². The summed E-state index contributed by atoms with van der Waals surface area (Å²) in [5, 5.41) is 14.8. The highest BCUT2D eigenvalue weighted by Crippen LogP contribution is 2.19. The van der Waals surface area contributed by atoms with Gasteiger partial charge in [-0.05, 0) is 42.2 Å². The van der Waals surface area contributed by atoms with Crippen molar-refractivity contribution in [1.29, 1.82) is 0 Å². The van der Waals surface area contributed by atoms with E-state index in [0.29, 0.717) is 6.10 Å². The molecule has 4 nitrogen and oxygen atoms in total. The Morgan fingerprint density at radius 1 is 1.40 bits per heavy atom. The summed E-state index contributed by atoms with van der Waals surface area (Å²) in [4.78, 5) is 2.43. The normalized spacial score (nSPS) is 19.0. The molecule has 6 heteroatoms. The maximum Gasteiger partial charge on any atom is 0.131 e. The maximum atomic E-state index is 5.77. The lowest BCUT2D eigenvalue weighted by atomic mass is 10.2. The molecule has 0 saturated carbocycles. The Bertz CT molecular complexity index is 520. The van der Waals surface area contributed by atoms with Gasteiger partial charge in [-0.15, -0.1) is 21.5 Å². The minimum Gasteiger partial charge on any atom is -0.377 e. The van der Waals surface area contributed by atoms with Gasteiger partial charge in [-0.1, -0.05) is 0 Å². The number of hydrogen-bond donors (Lipinski definition) is 0. The molecule has 20 heavy (non-hydrogen) atoms. The number of aryl methyl sites for hydroxylation is 1. The predicted octanol–water partition coefficient (Wildman–Crippen LogP) is 3.09. The Labute approximate surface area is 127 Å². The Morgan fingerprint density at radius 2 is 2.35 bits per heavy atom. The first-order valence-corrected chi connectivity index (χ1v) is 8.69. The predicted molar refractivity (Wildman–Crippen MR) is 82.1 cm³/mol. The monoisotopic (exact) mass is 309 g/mol. The second-order valence-corrected chi connectivity index (χ2v) is 7.20. The quantitative estimate of drug-likeness (QED) is 0.822.